The SMILES string of the molecule is Cc1cc(N2CCN(Cc3cccc4nonc34)CC2)n2ncnc2n1. The van der Waals surface area contributed by atoms with E-state index in [9.17, 15) is 0 Å². The average Bonchev–Trinajstić information content (AvgIpc) is 3.31. The van der Waals surface area contributed by atoms with Gasteiger partial charge >= 0.3 is 0 Å². The quantitative estimate of drug-likeness (QED) is 0.546. The topological polar surface area (TPSA) is 88.5 Å². The monoisotopic (exact) mass is 350 g/mol. The molecule has 0 atom stereocenters. The number of aromatic nitrogens is 6. The Hall–Kier alpha value is -3.07. The van der Waals surface area contributed by atoms with Crippen molar-refractivity contribution in [2.75, 3.05) is 31.1 Å². The van der Waals surface area contributed by atoms with Crippen LogP contribution in [0.15, 0.2) is 35.2 Å². The summed E-state index contributed by atoms with van der Waals surface area (Å²) in [6, 6.07) is 8.07. The van der Waals surface area contributed by atoms with Gasteiger partial charge in [-0.05, 0) is 28.9 Å². The second-order valence-electron chi connectivity index (χ2n) is 6.54. The zero-order valence-electron chi connectivity index (χ0n) is 14.4. The van der Waals surface area contributed by atoms with Crippen molar-refractivity contribution in [3.05, 3.63) is 41.9 Å². The lowest BCUT2D eigenvalue weighted by Gasteiger charge is -2.35. The number of nitrogens with zero attached hydrogens (tertiary/aromatic N) is 8. The zero-order chi connectivity index (χ0) is 17.5. The molecule has 1 aliphatic heterocycles. The maximum absolute atomic E-state index is 4.87. The highest BCUT2D eigenvalue weighted by atomic mass is 16.6. The molecule has 4 heterocycles. The number of anilines is 1. The molecule has 0 bridgehead atoms. The van der Waals surface area contributed by atoms with Crippen molar-refractivity contribution in [3.63, 3.8) is 0 Å². The van der Waals surface area contributed by atoms with E-state index in [0.717, 1.165) is 60.8 Å². The largest absolute Gasteiger partial charge is 0.354 e. The predicted molar refractivity (Wildman–Crippen MR) is 94.8 cm³/mol. The first-order valence-corrected chi connectivity index (χ1v) is 8.63. The molecule has 0 N–H and O–H groups in total. The fraction of sp³-hybridized carbons (Fsp3) is 0.353. The van der Waals surface area contributed by atoms with E-state index < -0.39 is 0 Å². The van der Waals surface area contributed by atoms with Crippen LogP contribution in [0.4, 0.5) is 5.82 Å². The summed E-state index contributed by atoms with van der Waals surface area (Å²) >= 11 is 0. The minimum absolute atomic E-state index is 0.646. The molecular weight excluding hydrogens is 332 g/mol. The van der Waals surface area contributed by atoms with Crippen LogP contribution >= 0.6 is 0 Å². The number of rotatable bonds is 3. The van der Waals surface area contributed by atoms with Crippen LogP contribution in [0, 0.1) is 6.92 Å². The maximum atomic E-state index is 4.87. The normalized spacial score (nSPS) is 16.0. The Labute approximate surface area is 149 Å². The highest BCUT2D eigenvalue weighted by Crippen LogP contribution is 2.20. The zero-order valence-corrected chi connectivity index (χ0v) is 14.4. The van der Waals surface area contributed by atoms with Crippen molar-refractivity contribution in [3.8, 4) is 0 Å². The molecule has 0 radical (unpaired) electrons. The van der Waals surface area contributed by atoms with Gasteiger partial charge in [-0.2, -0.15) is 14.6 Å². The molecule has 3 aromatic heterocycles. The fourth-order valence-electron chi connectivity index (χ4n) is 3.50. The summed E-state index contributed by atoms with van der Waals surface area (Å²) in [5.41, 5.74) is 3.76. The molecule has 5 rings (SSSR count). The summed E-state index contributed by atoms with van der Waals surface area (Å²) in [6.07, 6.45) is 1.55. The van der Waals surface area contributed by atoms with Gasteiger partial charge in [-0.1, -0.05) is 12.1 Å². The van der Waals surface area contributed by atoms with Gasteiger partial charge in [0.25, 0.3) is 5.78 Å². The molecule has 1 fully saturated rings. The molecule has 0 aliphatic carbocycles. The van der Waals surface area contributed by atoms with Gasteiger partial charge in [-0.3, -0.25) is 4.90 Å². The molecule has 0 unspecified atom stereocenters. The fourth-order valence-corrected chi connectivity index (χ4v) is 3.50. The van der Waals surface area contributed by atoms with Crippen molar-refractivity contribution in [1.29, 1.82) is 0 Å². The highest BCUT2D eigenvalue weighted by molar-refractivity contribution is 5.76. The predicted octanol–water partition coefficient (Wildman–Crippen LogP) is 1.29. The van der Waals surface area contributed by atoms with Crippen molar-refractivity contribution in [1.82, 2.24) is 34.8 Å². The van der Waals surface area contributed by atoms with Gasteiger partial charge in [0.05, 0.1) is 0 Å². The van der Waals surface area contributed by atoms with Gasteiger partial charge in [0.2, 0.25) is 0 Å². The van der Waals surface area contributed by atoms with E-state index in [1.807, 2.05) is 23.6 Å². The van der Waals surface area contributed by atoms with E-state index in [-0.39, 0.29) is 0 Å². The van der Waals surface area contributed by atoms with Crippen LogP contribution in [-0.4, -0.2) is 61.0 Å². The van der Waals surface area contributed by atoms with Crippen molar-refractivity contribution in [2.45, 2.75) is 13.5 Å². The smallest absolute Gasteiger partial charge is 0.254 e. The summed E-state index contributed by atoms with van der Waals surface area (Å²) in [5, 5.41) is 12.3. The Morgan fingerprint density at radius 1 is 1.12 bits per heavy atom. The Morgan fingerprint density at radius 2 is 2.00 bits per heavy atom. The van der Waals surface area contributed by atoms with Crippen LogP contribution in [0.25, 0.3) is 16.8 Å². The second kappa shape index (κ2) is 6.03. The summed E-state index contributed by atoms with van der Waals surface area (Å²) in [6.45, 7) is 6.59. The van der Waals surface area contributed by atoms with Crippen molar-refractivity contribution < 1.29 is 4.63 Å². The van der Waals surface area contributed by atoms with Gasteiger partial charge in [0.15, 0.2) is 0 Å². The lowest BCUT2D eigenvalue weighted by atomic mass is 10.1. The molecule has 4 aromatic rings. The molecule has 0 saturated carbocycles. The van der Waals surface area contributed by atoms with Crippen LogP contribution in [0.5, 0.6) is 0 Å². The molecule has 1 aliphatic rings. The summed E-state index contributed by atoms with van der Waals surface area (Å²) in [7, 11) is 0. The van der Waals surface area contributed by atoms with Gasteiger partial charge in [-0.25, -0.2) is 9.61 Å². The second-order valence-corrected chi connectivity index (χ2v) is 6.54. The number of hydrogen-bond donors (Lipinski definition) is 0. The molecule has 9 nitrogen and oxygen atoms in total. The number of benzene rings is 1. The van der Waals surface area contributed by atoms with Gasteiger partial charge in [0.1, 0.15) is 23.2 Å². The highest BCUT2D eigenvalue weighted by Gasteiger charge is 2.21. The van der Waals surface area contributed by atoms with Crippen LogP contribution < -0.4 is 4.90 Å². The number of aryl methyl sites for hydroxylation is 1. The van der Waals surface area contributed by atoms with Gasteiger partial charge in [0, 0.05) is 44.5 Å². The molecule has 0 amide bonds. The van der Waals surface area contributed by atoms with Crippen LogP contribution in [-0.2, 0) is 6.54 Å². The van der Waals surface area contributed by atoms with Crippen molar-refractivity contribution >= 4 is 22.6 Å². The maximum Gasteiger partial charge on any atom is 0.254 e. The molecule has 132 valence electrons. The third-order valence-corrected chi connectivity index (χ3v) is 4.82. The number of hydrogen-bond acceptors (Lipinski definition) is 8. The third-order valence-electron chi connectivity index (χ3n) is 4.82. The van der Waals surface area contributed by atoms with E-state index in [1.165, 1.54) is 0 Å². The lowest BCUT2D eigenvalue weighted by Crippen LogP contribution is -2.46. The molecule has 0 spiro atoms. The average molecular weight is 350 g/mol. The number of fused-ring (bicyclic) bond motifs is 2. The van der Waals surface area contributed by atoms with Gasteiger partial charge in [-0.15, -0.1) is 0 Å². The Bertz CT molecular complexity index is 1060. The number of piperazine rings is 1. The van der Waals surface area contributed by atoms with E-state index in [2.05, 4.69) is 47.3 Å². The molecule has 9 heteroatoms. The first-order chi connectivity index (χ1) is 12.8. The lowest BCUT2D eigenvalue weighted by molar-refractivity contribution is 0.249. The Morgan fingerprint density at radius 3 is 2.88 bits per heavy atom. The third kappa shape index (κ3) is 2.57. The van der Waals surface area contributed by atoms with Crippen LogP contribution in [0.1, 0.15) is 11.3 Å². The molecule has 1 aromatic carbocycles. The van der Waals surface area contributed by atoms with Gasteiger partial charge < -0.3 is 4.90 Å². The van der Waals surface area contributed by atoms with Crippen LogP contribution in [0.3, 0.4) is 0 Å². The summed E-state index contributed by atoms with van der Waals surface area (Å²) in [4.78, 5) is 13.4. The first kappa shape index (κ1) is 15.2. The summed E-state index contributed by atoms with van der Waals surface area (Å²) in [5.74, 6) is 1.69. The first-order valence-electron chi connectivity index (χ1n) is 8.63. The van der Waals surface area contributed by atoms with Crippen molar-refractivity contribution in [2.24, 2.45) is 0 Å². The Kier molecular flexibility index (Phi) is 3.52. The summed E-state index contributed by atoms with van der Waals surface area (Å²) < 4.78 is 6.68. The van der Waals surface area contributed by atoms with E-state index in [1.54, 1.807) is 6.33 Å². The van der Waals surface area contributed by atoms with Crippen LogP contribution in [0.2, 0.25) is 0 Å². The molecule has 1 saturated heterocycles. The Balaban J connectivity index is 1.33. The minimum atomic E-state index is 0.646. The minimum Gasteiger partial charge on any atom is -0.354 e. The van der Waals surface area contributed by atoms with E-state index in [0.29, 0.717) is 5.78 Å². The van der Waals surface area contributed by atoms with E-state index in [4.69, 9.17) is 4.63 Å². The standard InChI is InChI=1S/C17H18N8O/c1-12-9-15(25-17(20-12)18-11-19-25)24-7-5-23(6-8-24)10-13-3-2-4-14-16(13)22-26-21-14/h2-4,9,11H,5-8,10H2,1H3. The molecule has 26 heavy (non-hydrogen) atoms. The molecular formula is C17H18N8O. The van der Waals surface area contributed by atoms with E-state index >= 15 is 0 Å².